The van der Waals surface area contributed by atoms with Crippen LogP contribution in [-0.2, 0) is 11.2 Å². The van der Waals surface area contributed by atoms with Crippen LogP contribution in [0, 0.1) is 0 Å². The highest BCUT2D eigenvalue weighted by atomic mass is 16.5. The number of nitrogens with one attached hydrogen (secondary N) is 1. The highest BCUT2D eigenvalue weighted by Gasteiger charge is 2.18. The molecule has 1 fully saturated rings. The maximum Gasteiger partial charge on any atom is 0.254 e. The van der Waals surface area contributed by atoms with Gasteiger partial charge in [-0.2, -0.15) is 0 Å². The monoisotopic (exact) mass is 277 g/mol. The fraction of sp³-hybridized carbons (Fsp3) is 0.600. The molecular formula is C15H23N3O2. The second kappa shape index (κ2) is 7.24. The first-order valence-electron chi connectivity index (χ1n) is 7.30. The standard InChI is InChI=1S/C15H23N3O2/c1-3-5-13-10-12(11-14(16-2)17-13)15(19)18-6-4-8-20-9-7-18/h10-11H,3-9H2,1-2H3,(H,16,17). The fourth-order valence-corrected chi connectivity index (χ4v) is 2.36. The maximum absolute atomic E-state index is 12.6. The molecular weight excluding hydrogens is 254 g/mol. The summed E-state index contributed by atoms with van der Waals surface area (Å²) in [6.45, 7) is 4.90. The first-order valence-corrected chi connectivity index (χ1v) is 7.30. The molecule has 0 spiro atoms. The van der Waals surface area contributed by atoms with E-state index in [1.54, 1.807) is 0 Å². The van der Waals surface area contributed by atoms with Gasteiger partial charge in [0.05, 0.1) is 6.61 Å². The van der Waals surface area contributed by atoms with Gasteiger partial charge in [0.2, 0.25) is 0 Å². The molecule has 1 N–H and O–H groups in total. The van der Waals surface area contributed by atoms with Gasteiger partial charge in [-0.25, -0.2) is 4.98 Å². The van der Waals surface area contributed by atoms with E-state index >= 15 is 0 Å². The van der Waals surface area contributed by atoms with E-state index in [0.29, 0.717) is 13.2 Å². The van der Waals surface area contributed by atoms with E-state index < -0.39 is 0 Å². The lowest BCUT2D eigenvalue weighted by atomic mass is 10.1. The number of aromatic nitrogens is 1. The summed E-state index contributed by atoms with van der Waals surface area (Å²) in [6.07, 6.45) is 2.81. The molecule has 1 saturated heterocycles. The molecule has 0 radical (unpaired) electrons. The van der Waals surface area contributed by atoms with Crippen LogP contribution in [0.4, 0.5) is 5.82 Å². The number of anilines is 1. The topological polar surface area (TPSA) is 54.5 Å². The first kappa shape index (κ1) is 14.8. The van der Waals surface area contributed by atoms with Crippen molar-refractivity contribution in [3.8, 4) is 0 Å². The van der Waals surface area contributed by atoms with Gasteiger partial charge in [0, 0.05) is 38.0 Å². The summed E-state index contributed by atoms with van der Waals surface area (Å²) in [5.74, 6) is 0.831. The van der Waals surface area contributed by atoms with Crippen molar-refractivity contribution in [1.82, 2.24) is 9.88 Å². The molecule has 0 aliphatic carbocycles. The van der Waals surface area contributed by atoms with Gasteiger partial charge in [0.15, 0.2) is 0 Å². The summed E-state index contributed by atoms with van der Waals surface area (Å²) in [5, 5.41) is 3.03. The van der Waals surface area contributed by atoms with Gasteiger partial charge in [-0.3, -0.25) is 4.79 Å². The van der Waals surface area contributed by atoms with Gasteiger partial charge in [-0.05, 0) is 25.0 Å². The molecule has 110 valence electrons. The molecule has 5 heteroatoms. The van der Waals surface area contributed by atoms with Gasteiger partial charge in [0.1, 0.15) is 5.82 Å². The number of carbonyl (C=O) groups is 1. The van der Waals surface area contributed by atoms with Crippen molar-refractivity contribution in [3.05, 3.63) is 23.4 Å². The smallest absolute Gasteiger partial charge is 0.254 e. The van der Waals surface area contributed by atoms with Crippen molar-refractivity contribution in [2.24, 2.45) is 0 Å². The van der Waals surface area contributed by atoms with Crippen LogP contribution in [-0.4, -0.2) is 49.1 Å². The average Bonchev–Trinajstić information content (AvgIpc) is 2.75. The van der Waals surface area contributed by atoms with E-state index in [9.17, 15) is 4.79 Å². The number of rotatable bonds is 4. The molecule has 1 amide bonds. The number of nitrogens with zero attached hydrogens (tertiary/aromatic N) is 2. The Morgan fingerprint density at radius 3 is 3.00 bits per heavy atom. The Kier molecular flexibility index (Phi) is 5.35. The van der Waals surface area contributed by atoms with E-state index in [4.69, 9.17) is 4.74 Å². The van der Waals surface area contributed by atoms with Crippen molar-refractivity contribution in [1.29, 1.82) is 0 Å². The molecule has 0 aromatic carbocycles. The summed E-state index contributed by atoms with van der Waals surface area (Å²) >= 11 is 0. The minimum atomic E-state index is 0.0757. The van der Waals surface area contributed by atoms with Crippen molar-refractivity contribution in [2.45, 2.75) is 26.2 Å². The number of carbonyl (C=O) groups excluding carboxylic acids is 1. The van der Waals surface area contributed by atoms with Crippen molar-refractivity contribution >= 4 is 11.7 Å². The zero-order valence-electron chi connectivity index (χ0n) is 12.3. The fourth-order valence-electron chi connectivity index (χ4n) is 2.36. The Hall–Kier alpha value is -1.62. The Morgan fingerprint density at radius 1 is 1.40 bits per heavy atom. The molecule has 1 aliphatic rings. The van der Waals surface area contributed by atoms with Gasteiger partial charge >= 0.3 is 0 Å². The predicted molar refractivity (Wildman–Crippen MR) is 79.1 cm³/mol. The van der Waals surface area contributed by atoms with Crippen LogP contribution in [0.15, 0.2) is 12.1 Å². The second-order valence-corrected chi connectivity index (χ2v) is 4.99. The van der Waals surface area contributed by atoms with Crippen LogP contribution in [0.3, 0.4) is 0 Å². The van der Waals surface area contributed by atoms with E-state index in [2.05, 4.69) is 17.2 Å². The summed E-state index contributed by atoms with van der Waals surface area (Å²) < 4.78 is 5.40. The van der Waals surface area contributed by atoms with Gasteiger partial charge < -0.3 is 15.0 Å². The lowest BCUT2D eigenvalue weighted by Gasteiger charge is -2.20. The van der Waals surface area contributed by atoms with Crippen LogP contribution < -0.4 is 5.32 Å². The molecule has 1 aromatic heterocycles. The SMILES string of the molecule is CCCc1cc(C(=O)N2CCCOCC2)cc(NC)n1. The summed E-state index contributed by atoms with van der Waals surface area (Å²) in [7, 11) is 1.83. The van der Waals surface area contributed by atoms with Crippen LogP contribution in [0.5, 0.6) is 0 Å². The molecule has 1 aromatic rings. The number of hydrogen-bond donors (Lipinski definition) is 1. The molecule has 5 nitrogen and oxygen atoms in total. The van der Waals surface area contributed by atoms with Crippen LogP contribution >= 0.6 is 0 Å². The molecule has 0 unspecified atom stereocenters. The zero-order valence-corrected chi connectivity index (χ0v) is 12.3. The van der Waals surface area contributed by atoms with Gasteiger partial charge in [-0.1, -0.05) is 13.3 Å². The van der Waals surface area contributed by atoms with E-state index in [-0.39, 0.29) is 5.91 Å². The van der Waals surface area contributed by atoms with E-state index in [1.807, 2.05) is 24.1 Å². The molecule has 0 bridgehead atoms. The third kappa shape index (κ3) is 3.70. The number of hydrogen-bond acceptors (Lipinski definition) is 4. The minimum absolute atomic E-state index is 0.0757. The summed E-state index contributed by atoms with van der Waals surface area (Å²) in [5.41, 5.74) is 1.68. The van der Waals surface area contributed by atoms with E-state index in [1.165, 1.54) is 0 Å². The average molecular weight is 277 g/mol. The molecule has 0 atom stereocenters. The Balaban J connectivity index is 2.20. The number of ether oxygens (including phenoxy) is 1. The van der Waals surface area contributed by atoms with Crippen LogP contribution in [0.2, 0.25) is 0 Å². The molecule has 2 rings (SSSR count). The Bertz CT molecular complexity index is 454. The molecule has 0 saturated carbocycles. The minimum Gasteiger partial charge on any atom is -0.380 e. The van der Waals surface area contributed by atoms with Crippen molar-refractivity contribution in [3.63, 3.8) is 0 Å². The van der Waals surface area contributed by atoms with Crippen molar-refractivity contribution in [2.75, 3.05) is 38.7 Å². The van der Waals surface area contributed by atoms with Gasteiger partial charge in [-0.15, -0.1) is 0 Å². The molecule has 1 aliphatic heterocycles. The van der Waals surface area contributed by atoms with Crippen molar-refractivity contribution < 1.29 is 9.53 Å². The normalized spacial score (nSPS) is 15.8. The predicted octanol–water partition coefficient (Wildman–Crippen LogP) is 1.94. The quantitative estimate of drug-likeness (QED) is 0.914. The summed E-state index contributed by atoms with van der Waals surface area (Å²) in [4.78, 5) is 18.9. The second-order valence-electron chi connectivity index (χ2n) is 4.99. The lowest BCUT2D eigenvalue weighted by molar-refractivity contribution is 0.0741. The largest absolute Gasteiger partial charge is 0.380 e. The zero-order chi connectivity index (χ0) is 14.4. The first-order chi connectivity index (χ1) is 9.74. The third-order valence-corrected chi connectivity index (χ3v) is 3.40. The lowest BCUT2D eigenvalue weighted by Crippen LogP contribution is -2.33. The maximum atomic E-state index is 12.6. The highest BCUT2D eigenvalue weighted by Crippen LogP contribution is 2.15. The van der Waals surface area contributed by atoms with Crippen LogP contribution in [0.1, 0.15) is 35.8 Å². The molecule has 2 heterocycles. The third-order valence-electron chi connectivity index (χ3n) is 3.40. The Morgan fingerprint density at radius 2 is 2.25 bits per heavy atom. The Labute approximate surface area is 120 Å². The molecule has 20 heavy (non-hydrogen) atoms. The number of amides is 1. The van der Waals surface area contributed by atoms with Gasteiger partial charge in [0.25, 0.3) is 5.91 Å². The number of aryl methyl sites for hydroxylation is 1. The van der Waals surface area contributed by atoms with Crippen LogP contribution in [0.25, 0.3) is 0 Å². The summed E-state index contributed by atoms with van der Waals surface area (Å²) in [6, 6.07) is 3.74. The number of pyridine rings is 1. The van der Waals surface area contributed by atoms with E-state index in [0.717, 1.165) is 49.5 Å². The highest BCUT2D eigenvalue weighted by molar-refractivity contribution is 5.95.